The normalized spacial score (nSPS) is 23.4. The van der Waals surface area contributed by atoms with Crippen LogP contribution in [-0.4, -0.2) is 15.3 Å². The number of hydrogen-bond donors (Lipinski definition) is 0. The van der Waals surface area contributed by atoms with Crippen molar-refractivity contribution in [2.45, 2.75) is 38.6 Å². The number of carbonyl (C=O) groups is 1. The first kappa shape index (κ1) is 9.44. The lowest BCUT2D eigenvalue weighted by Gasteiger charge is -2.12. The van der Waals surface area contributed by atoms with Crippen LogP contribution in [0, 0.1) is 5.92 Å². The Kier molecular flexibility index (Phi) is 2.96. The predicted octanol–water partition coefficient (Wildman–Crippen LogP) is 2.03. The first-order valence-corrected chi connectivity index (χ1v) is 5.35. The summed E-state index contributed by atoms with van der Waals surface area (Å²) in [5.41, 5.74) is 0. The van der Waals surface area contributed by atoms with Crippen molar-refractivity contribution in [3.63, 3.8) is 0 Å². The van der Waals surface area contributed by atoms with Crippen LogP contribution in [0.4, 0.5) is 0 Å². The minimum Gasteiger partial charge on any atom is -0.337 e. The van der Waals surface area contributed by atoms with Gasteiger partial charge < -0.3 is 4.57 Å². The summed E-state index contributed by atoms with van der Waals surface area (Å²) in [4.78, 5) is 15.7. The van der Waals surface area contributed by atoms with Gasteiger partial charge in [-0.1, -0.05) is 12.8 Å². The molecular weight excluding hydrogens is 176 g/mol. The Bertz CT molecular complexity index is 292. The molecule has 3 heteroatoms. The molecule has 0 aliphatic heterocycles. The second-order valence-corrected chi connectivity index (χ2v) is 4.02. The number of Topliss-reactive ketones (excluding diaryl/α,β-unsaturated/α-hetero) is 1. The van der Waals surface area contributed by atoms with Crippen molar-refractivity contribution < 1.29 is 4.79 Å². The number of carbonyl (C=O) groups excluding carboxylic acids is 1. The van der Waals surface area contributed by atoms with Gasteiger partial charge in [0.15, 0.2) is 0 Å². The minimum absolute atomic E-state index is 0.228. The standard InChI is InChI=1S/C11H16N2O/c14-11-5-3-1-2-4-10(11)8-13-7-6-12-9-13/h6-7,9-10H,1-5,8H2/t10-/m0/s1. The van der Waals surface area contributed by atoms with Gasteiger partial charge in [-0.15, -0.1) is 0 Å². The highest BCUT2D eigenvalue weighted by molar-refractivity contribution is 5.81. The largest absolute Gasteiger partial charge is 0.337 e. The fraction of sp³-hybridized carbons (Fsp3) is 0.636. The van der Waals surface area contributed by atoms with Crippen molar-refractivity contribution in [2.24, 2.45) is 5.92 Å². The fourth-order valence-electron chi connectivity index (χ4n) is 2.07. The maximum atomic E-state index is 11.7. The summed E-state index contributed by atoms with van der Waals surface area (Å²) in [5.74, 6) is 0.669. The van der Waals surface area contributed by atoms with Crippen molar-refractivity contribution in [1.29, 1.82) is 0 Å². The molecule has 0 N–H and O–H groups in total. The van der Waals surface area contributed by atoms with E-state index in [1.54, 1.807) is 12.5 Å². The Morgan fingerprint density at radius 2 is 2.36 bits per heavy atom. The highest BCUT2D eigenvalue weighted by Crippen LogP contribution is 2.21. The molecule has 1 heterocycles. The second kappa shape index (κ2) is 4.40. The Hall–Kier alpha value is -1.12. The minimum atomic E-state index is 0.228. The Morgan fingerprint density at radius 3 is 3.14 bits per heavy atom. The molecule has 1 aromatic heterocycles. The van der Waals surface area contributed by atoms with Crippen LogP contribution in [0.2, 0.25) is 0 Å². The molecule has 0 unspecified atom stereocenters. The monoisotopic (exact) mass is 192 g/mol. The van der Waals surface area contributed by atoms with Gasteiger partial charge in [0.2, 0.25) is 0 Å². The molecule has 0 amide bonds. The Balaban J connectivity index is 1.98. The zero-order valence-electron chi connectivity index (χ0n) is 8.35. The molecule has 76 valence electrons. The van der Waals surface area contributed by atoms with E-state index in [1.807, 2.05) is 10.8 Å². The number of aromatic nitrogens is 2. The highest BCUT2D eigenvalue weighted by Gasteiger charge is 2.20. The summed E-state index contributed by atoms with van der Waals surface area (Å²) < 4.78 is 2.01. The molecule has 0 radical (unpaired) electrons. The van der Waals surface area contributed by atoms with Crippen LogP contribution in [0.1, 0.15) is 32.1 Å². The lowest BCUT2D eigenvalue weighted by molar-refractivity contribution is -0.123. The van der Waals surface area contributed by atoms with Crippen molar-refractivity contribution in [3.05, 3.63) is 18.7 Å². The van der Waals surface area contributed by atoms with E-state index in [0.29, 0.717) is 5.78 Å². The van der Waals surface area contributed by atoms with Crippen LogP contribution in [0.15, 0.2) is 18.7 Å². The van der Waals surface area contributed by atoms with E-state index in [-0.39, 0.29) is 5.92 Å². The third kappa shape index (κ3) is 2.22. The lowest BCUT2D eigenvalue weighted by Crippen LogP contribution is -2.18. The van der Waals surface area contributed by atoms with Crippen LogP contribution in [-0.2, 0) is 11.3 Å². The van der Waals surface area contributed by atoms with Crippen LogP contribution < -0.4 is 0 Å². The van der Waals surface area contributed by atoms with E-state index in [9.17, 15) is 4.79 Å². The molecule has 0 aromatic carbocycles. The zero-order chi connectivity index (χ0) is 9.80. The van der Waals surface area contributed by atoms with E-state index >= 15 is 0 Å². The van der Waals surface area contributed by atoms with Crippen LogP contribution in [0.5, 0.6) is 0 Å². The molecule has 1 aromatic rings. The Morgan fingerprint density at radius 1 is 1.43 bits per heavy atom. The molecule has 0 spiro atoms. The molecule has 1 aliphatic carbocycles. The number of ketones is 1. The molecule has 1 saturated carbocycles. The lowest BCUT2D eigenvalue weighted by atomic mass is 9.99. The van der Waals surface area contributed by atoms with Gasteiger partial charge in [-0.05, 0) is 12.8 Å². The third-order valence-electron chi connectivity index (χ3n) is 2.92. The molecule has 1 atom stereocenters. The average Bonchev–Trinajstić information content (AvgIpc) is 2.60. The molecule has 0 saturated heterocycles. The van der Waals surface area contributed by atoms with Crippen LogP contribution in [0.25, 0.3) is 0 Å². The van der Waals surface area contributed by atoms with Gasteiger partial charge in [0, 0.05) is 31.3 Å². The van der Waals surface area contributed by atoms with E-state index in [2.05, 4.69) is 4.98 Å². The van der Waals surface area contributed by atoms with Gasteiger partial charge >= 0.3 is 0 Å². The fourth-order valence-corrected chi connectivity index (χ4v) is 2.07. The van der Waals surface area contributed by atoms with Crippen molar-refractivity contribution >= 4 is 5.78 Å². The summed E-state index contributed by atoms with van der Waals surface area (Å²) in [7, 11) is 0. The molecule has 1 fully saturated rings. The number of nitrogens with zero attached hydrogens (tertiary/aromatic N) is 2. The maximum Gasteiger partial charge on any atom is 0.137 e. The van der Waals surface area contributed by atoms with E-state index in [4.69, 9.17) is 0 Å². The van der Waals surface area contributed by atoms with E-state index < -0.39 is 0 Å². The van der Waals surface area contributed by atoms with Crippen molar-refractivity contribution in [2.75, 3.05) is 0 Å². The SMILES string of the molecule is O=C1CCCCC[C@H]1Cn1ccnc1. The van der Waals surface area contributed by atoms with Gasteiger partial charge in [0.05, 0.1) is 6.33 Å². The third-order valence-corrected chi connectivity index (χ3v) is 2.92. The number of imidazole rings is 1. The maximum absolute atomic E-state index is 11.7. The molecule has 2 rings (SSSR count). The van der Waals surface area contributed by atoms with Crippen molar-refractivity contribution in [3.8, 4) is 0 Å². The van der Waals surface area contributed by atoms with Crippen molar-refractivity contribution in [1.82, 2.24) is 9.55 Å². The smallest absolute Gasteiger partial charge is 0.137 e. The van der Waals surface area contributed by atoms with E-state index in [1.165, 1.54) is 12.8 Å². The van der Waals surface area contributed by atoms with Gasteiger partial charge in [0.1, 0.15) is 5.78 Å². The van der Waals surface area contributed by atoms with Gasteiger partial charge in [0.25, 0.3) is 0 Å². The van der Waals surface area contributed by atoms with Crippen LogP contribution >= 0.6 is 0 Å². The predicted molar refractivity (Wildman–Crippen MR) is 53.8 cm³/mol. The van der Waals surface area contributed by atoms with Gasteiger partial charge in [-0.25, -0.2) is 4.98 Å². The molecule has 0 bridgehead atoms. The van der Waals surface area contributed by atoms with Gasteiger partial charge in [-0.3, -0.25) is 4.79 Å². The Labute approximate surface area is 84.1 Å². The first-order chi connectivity index (χ1) is 6.86. The van der Waals surface area contributed by atoms with E-state index in [0.717, 1.165) is 25.8 Å². The number of hydrogen-bond acceptors (Lipinski definition) is 2. The number of rotatable bonds is 2. The summed E-state index contributed by atoms with van der Waals surface area (Å²) in [6, 6.07) is 0. The topological polar surface area (TPSA) is 34.9 Å². The zero-order valence-corrected chi connectivity index (χ0v) is 8.35. The molecule has 1 aliphatic rings. The average molecular weight is 192 g/mol. The molecular formula is C11H16N2O. The summed E-state index contributed by atoms with van der Waals surface area (Å²) in [6.45, 7) is 0.818. The summed E-state index contributed by atoms with van der Waals surface area (Å²) in [6.07, 6.45) is 10.8. The summed E-state index contributed by atoms with van der Waals surface area (Å²) >= 11 is 0. The molecule has 14 heavy (non-hydrogen) atoms. The summed E-state index contributed by atoms with van der Waals surface area (Å²) in [5, 5.41) is 0. The highest BCUT2D eigenvalue weighted by atomic mass is 16.1. The first-order valence-electron chi connectivity index (χ1n) is 5.35. The van der Waals surface area contributed by atoms with Gasteiger partial charge in [-0.2, -0.15) is 0 Å². The quantitative estimate of drug-likeness (QED) is 0.672. The second-order valence-electron chi connectivity index (χ2n) is 4.02. The van der Waals surface area contributed by atoms with Crippen LogP contribution in [0.3, 0.4) is 0 Å². The molecule has 3 nitrogen and oxygen atoms in total.